The summed E-state index contributed by atoms with van der Waals surface area (Å²) in [4.78, 5) is 24.3. The Morgan fingerprint density at radius 1 is 0.926 bits per heavy atom. The van der Waals surface area contributed by atoms with Crippen molar-refractivity contribution in [1.29, 1.82) is 0 Å². The van der Waals surface area contributed by atoms with E-state index in [4.69, 9.17) is 5.10 Å². The molecule has 6 heteroatoms. The molecule has 130 valence electrons. The second-order valence-corrected chi connectivity index (χ2v) is 5.74. The second-order valence-electron chi connectivity index (χ2n) is 5.74. The minimum atomic E-state index is -0.212. The number of nitrogens with zero attached hydrogens (tertiary/aromatic N) is 5. The molecule has 0 N–H and O–H groups in total. The van der Waals surface area contributed by atoms with Crippen LogP contribution in [0.15, 0.2) is 85.7 Å². The third kappa shape index (κ3) is 3.69. The molecule has 1 aromatic carbocycles. The molecule has 0 bridgehead atoms. The Bertz CT molecular complexity index is 1070. The van der Waals surface area contributed by atoms with Gasteiger partial charge in [0.05, 0.1) is 11.9 Å². The second kappa shape index (κ2) is 7.53. The number of benzene rings is 1. The Morgan fingerprint density at radius 3 is 2.48 bits per heavy atom. The van der Waals surface area contributed by atoms with E-state index in [2.05, 4.69) is 15.0 Å². The molecule has 0 atom stereocenters. The summed E-state index contributed by atoms with van der Waals surface area (Å²) in [7, 11) is 0. The molecule has 0 fully saturated rings. The van der Waals surface area contributed by atoms with Crippen LogP contribution in [0.25, 0.3) is 23.0 Å². The molecule has 3 heterocycles. The van der Waals surface area contributed by atoms with Gasteiger partial charge in [0, 0.05) is 42.1 Å². The van der Waals surface area contributed by atoms with Crippen LogP contribution in [0.2, 0.25) is 0 Å². The number of para-hydroxylation sites is 1. The van der Waals surface area contributed by atoms with E-state index in [0.717, 1.165) is 22.5 Å². The first-order valence-electron chi connectivity index (χ1n) is 8.35. The SMILES string of the molecule is O=C(/C=C/c1cn(-c2ccccc2)nc1-c1ccncc1)c1cnccn1. The van der Waals surface area contributed by atoms with E-state index in [1.165, 1.54) is 24.7 Å². The third-order valence-electron chi connectivity index (χ3n) is 3.95. The lowest BCUT2D eigenvalue weighted by Gasteiger charge is -2.00. The van der Waals surface area contributed by atoms with Crippen molar-refractivity contribution in [2.45, 2.75) is 0 Å². The van der Waals surface area contributed by atoms with Crippen molar-refractivity contribution < 1.29 is 4.79 Å². The van der Waals surface area contributed by atoms with Crippen molar-refractivity contribution in [2.24, 2.45) is 0 Å². The molecule has 4 aromatic rings. The van der Waals surface area contributed by atoms with E-state index in [9.17, 15) is 4.79 Å². The fourth-order valence-electron chi connectivity index (χ4n) is 2.63. The number of rotatable bonds is 5. The van der Waals surface area contributed by atoms with E-state index in [1.807, 2.05) is 48.7 Å². The van der Waals surface area contributed by atoms with Gasteiger partial charge in [-0.3, -0.25) is 14.8 Å². The lowest BCUT2D eigenvalue weighted by molar-refractivity contribution is 0.104. The van der Waals surface area contributed by atoms with Gasteiger partial charge in [0.2, 0.25) is 5.78 Å². The van der Waals surface area contributed by atoms with Crippen LogP contribution < -0.4 is 0 Å². The van der Waals surface area contributed by atoms with Crippen molar-refractivity contribution >= 4 is 11.9 Å². The quantitative estimate of drug-likeness (QED) is 0.405. The van der Waals surface area contributed by atoms with Crippen LogP contribution in [0.3, 0.4) is 0 Å². The maximum Gasteiger partial charge on any atom is 0.205 e. The highest BCUT2D eigenvalue weighted by Gasteiger charge is 2.11. The zero-order valence-electron chi connectivity index (χ0n) is 14.3. The maximum atomic E-state index is 12.3. The predicted molar refractivity (Wildman–Crippen MR) is 102 cm³/mol. The average molecular weight is 353 g/mol. The molecule has 0 aliphatic heterocycles. The van der Waals surface area contributed by atoms with Gasteiger partial charge < -0.3 is 0 Å². The number of carbonyl (C=O) groups is 1. The maximum absolute atomic E-state index is 12.3. The Morgan fingerprint density at radius 2 is 1.74 bits per heavy atom. The zero-order chi connectivity index (χ0) is 18.5. The first kappa shape index (κ1) is 16.5. The van der Waals surface area contributed by atoms with Crippen molar-refractivity contribution in [1.82, 2.24) is 24.7 Å². The van der Waals surface area contributed by atoms with Crippen molar-refractivity contribution in [3.8, 4) is 16.9 Å². The number of hydrogen-bond acceptors (Lipinski definition) is 5. The van der Waals surface area contributed by atoms with Crippen molar-refractivity contribution in [2.75, 3.05) is 0 Å². The molecule has 0 aliphatic carbocycles. The van der Waals surface area contributed by atoms with Crippen LogP contribution in [0.1, 0.15) is 16.1 Å². The van der Waals surface area contributed by atoms with Gasteiger partial charge in [-0.2, -0.15) is 5.10 Å². The lowest BCUT2D eigenvalue weighted by atomic mass is 10.1. The monoisotopic (exact) mass is 353 g/mol. The number of hydrogen-bond donors (Lipinski definition) is 0. The van der Waals surface area contributed by atoms with E-state index in [0.29, 0.717) is 5.69 Å². The Balaban J connectivity index is 1.73. The number of ketones is 1. The first-order chi connectivity index (χ1) is 13.3. The molecule has 0 radical (unpaired) electrons. The van der Waals surface area contributed by atoms with Gasteiger partial charge in [-0.1, -0.05) is 18.2 Å². The van der Waals surface area contributed by atoms with Gasteiger partial charge >= 0.3 is 0 Å². The summed E-state index contributed by atoms with van der Waals surface area (Å²) in [6.07, 6.45) is 13.0. The van der Waals surface area contributed by atoms with Crippen LogP contribution in [0.5, 0.6) is 0 Å². The molecule has 0 aliphatic rings. The Hall–Kier alpha value is -3.93. The highest BCUT2D eigenvalue weighted by molar-refractivity contribution is 6.05. The van der Waals surface area contributed by atoms with Crippen molar-refractivity contribution in [3.05, 3.63) is 97.0 Å². The third-order valence-corrected chi connectivity index (χ3v) is 3.95. The van der Waals surface area contributed by atoms with Crippen LogP contribution in [-0.4, -0.2) is 30.5 Å². The minimum absolute atomic E-state index is 0.212. The standard InChI is InChI=1S/C21H15N5O/c27-20(19-14-23-12-13-24-19)7-6-17-15-26(18-4-2-1-3-5-18)25-21(17)16-8-10-22-11-9-16/h1-15H/b7-6+. The smallest absolute Gasteiger partial charge is 0.205 e. The molecule has 0 spiro atoms. The molecule has 6 nitrogen and oxygen atoms in total. The number of pyridine rings is 1. The highest BCUT2D eigenvalue weighted by atomic mass is 16.1. The van der Waals surface area contributed by atoms with Gasteiger partial charge in [-0.25, -0.2) is 9.67 Å². The zero-order valence-corrected chi connectivity index (χ0v) is 14.3. The topological polar surface area (TPSA) is 73.6 Å². The van der Waals surface area contributed by atoms with Gasteiger partial charge in [-0.05, 0) is 36.4 Å². The lowest BCUT2D eigenvalue weighted by Crippen LogP contribution is -1.98. The van der Waals surface area contributed by atoms with E-state index in [-0.39, 0.29) is 5.78 Å². The van der Waals surface area contributed by atoms with Crippen LogP contribution in [0.4, 0.5) is 0 Å². The predicted octanol–water partition coefficient (Wildman–Crippen LogP) is 3.62. The molecule has 27 heavy (non-hydrogen) atoms. The molecule has 0 unspecified atom stereocenters. The van der Waals surface area contributed by atoms with Gasteiger partial charge in [0.1, 0.15) is 11.4 Å². The largest absolute Gasteiger partial charge is 0.287 e. The molecule has 0 saturated carbocycles. The fourth-order valence-corrected chi connectivity index (χ4v) is 2.63. The summed E-state index contributed by atoms with van der Waals surface area (Å²) in [5.41, 5.74) is 3.75. The Labute approximate surface area is 155 Å². The van der Waals surface area contributed by atoms with Crippen molar-refractivity contribution in [3.63, 3.8) is 0 Å². The summed E-state index contributed by atoms with van der Waals surface area (Å²) in [6.45, 7) is 0. The first-order valence-corrected chi connectivity index (χ1v) is 8.35. The van der Waals surface area contributed by atoms with Crippen LogP contribution in [0, 0.1) is 0 Å². The molecule has 3 aromatic heterocycles. The summed E-state index contributed by atoms with van der Waals surface area (Å²) < 4.78 is 1.79. The molecule has 0 saturated heterocycles. The van der Waals surface area contributed by atoms with Crippen LogP contribution >= 0.6 is 0 Å². The fraction of sp³-hybridized carbons (Fsp3) is 0. The summed E-state index contributed by atoms with van der Waals surface area (Å²) >= 11 is 0. The molecule has 4 rings (SSSR count). The average Bonchev–Trinajstić information content (AvgIpc) is 3.18. The van der Waals surface area contributed by atoms with E-state index in [1.54, 1.807) is 23.2 Å². The molecular weight excluding hydrogens is 338 g/mol. The summed E-state index contributed by atoms with van der Waals surface area (Å²) in [5.74, 6) is -0.212. The van der Waals surface area contributed by atoms with Gasteiger partial charge in [0.15, 0.2) is 0 Å². The van der Waals surface area contributed by atoms with Gasteiger partial charge in [-0.15, -0.1) is 0 Å². The highest BCUT2D eigenvalue weighted by Crippen LogP contribution is 2.24. The van der Waals surface area contributed by atoms with Gasteiger partial charge in [0.25, 0.3) is 0 Å². The van der Waals surface area contributed by atoms with E-state index < -0.39 is 0 Å². The molecule has 0 amide bonds. The van der Waals surface area contributed by atoms with Crippen LogP contribution in [-0.2, 0) is 0 Å². The minimum Gasteiger partial charge on any atom is -0.287 e. The molecular formula is C21H15N5O. The summed E-state index contributed by atoms with van der Waals surface area (Å²) in [5, 5.41) is 4.70. The summed E-state index contributed by atoms with van der Waals surface area (Å²) in [6, 6.07) is 13.6. The normalized spacial score (nSPS) is 11.0. The van der Waals surface area contributed by atoms with E-state index >= 15 is 0 Å². The number of aromatic nitrogens is 5. The number of carbonyl (C=O) groups excluding carboxylic acids is 1. The number of allylic oxidation sites excluding steroid dienone is 1. The Kier molecular flexibility index (Phi) is 4.61.